The van der Waals surface area contributed by atoms with Gasteiger partial charge in [0.05, 0.1) is 18.4 Å². The average molecular weight is 1120 g/mol. The largest absolute Gasteiger partial charge is 0.481 e. The number of aromatic nitrogens is 3. The van der Waals surface area contributed by atoms with Crippen LogP contribution in [0.2, 0.25) is 0 Å². The molecule has 6 rings (SSSR count). The van der Waals surface area contributed by atoms with Crippen molar-refractivity contribution in [3.8, 4) is 0 Å². The molecular formula is C55H82N14O11. The van der Waals surface area contributed by atoms with Gasteiger partial charge in [-0.05, 0) is 127 Å². The van der Waals surface area contributed by atoms with E-state index < -0.39 is 108 Å². The van der Waals surface area contributed by atoms with Crippen LogP contribution in [0.3, 0.4) is 0 Å². The van der Waals surface area contributed by atoms with Gasteiger partial charge in [-0.3, -0.25) is 43.2 Å². The first kappa shape index (κ1) is 62.0. The molecule has 0 saturated carbocycles. The highest BCUT2D eigenvalue weighted by molar-refractivity contribution is 5.99. The molecule has 2 aromatic heterocycles. The number of para-hydroxylation sites is 1. The van der Waals surface area contributed by atoms with E-state index in [1.165, 1.54) is 22.3 Å². The first-order valence-electron chi connectivity index (χ1n) is 28.3. The van der Waals surface area contributed by atoms with Gasteiger partial charge in [0.25, 0.3) is 0 Å². The number of carboxylic acid groups (broad SMARTS) is 1. The number of nitrogens with zero attached hydrogens (tertiary/aromatic N) is 3. The fourth-order valence-electron chi connectivity index (χ4n) is 10.7. The monoisotopic (exact) mass is 1110 g/mol. The van der Waals surface area contributed by atoms with E-state index in [2.05, 4.69) is 52.2 Å². The summed E-state index contributed by atoms with van der Waals surface area (Å²) < 4.78 is 0. The summed E-state index contributed by atoms with van der Waals surface area (Å²) in [6.45, 7) is 5.39. The lowest BCUT2D eigenvalue weighted by Crippen LogP contribution is -2.60. The Morgan fingerprint density at radius 3 is 1.95 bits per heavy atom. The van der Waals surface area contributed by atoms with Gasteiger partial charge in [-0.2, -0.15) is 0 Å². The smallest absolute Gasteiger partial charge is 0.303 e. The molecule has 438 valence electrons. The number of H-pyrrole nitrogens is 2. The number of carbonyl (C=O) groups excluding carboxylic acids is 9. The van der Waals surface area contributed by atoms with E-state index in [0.717, 1.165) is 17.3 Å². The zero-order valence-electron chi connectivity index (χ0n) is 46.0. The molecule has 0 spiro atoms. The molecule has 0 bridgehead atoms. The van der Waals surface area contributed by atoms with E-state index in [-0.39, 0.29) is 63.3 Å². The average Bonchev–Trinajstić information content (AvgIpc) is 4.32. The fraction of sp³-hybridized carbons (Fsp3) is 0.618. The number of likely N-dealkylation sites (tertiary alicyclic amines) is 2. The molecule has 8 amide bonds. The highest BCUT2D eigenvalue weighted by Crippen LogP contribution is 2.24. The minimum Gasteiger partial charge on any atom is -0.481 e. The second-order valence-electron chi connectivity index (χ2n) is 21.6. The Bertz CT molecular complexity index is 2590. The SMILES string of the molecule is CC(C)C[C@H](NC(=O)[C@H](CCCCN)NC(=O)[C@@H]1CCCN1)C(=O)N[C@@H](CCC(=O)O)C(=O)N1CCC[C@H]1C(=O)N[C@@H](Cc1c[nH]c2ccccc12)C(=O)N[C@@H](CCCCN)C(=O)N[C@@H](Cc1cnc[nH]1)C(=O)N1CCC[C@H]1C=O. The minimum absolute atomic E-state index is 0.0117. The highest BCUT2D eigenvalue weighted by Gasteiger charge is 2.41. The normalized spacial score (nSPS) is 19.3. The number of nitrogens with one attached hydrogen (secondary N) is 9. The van der Waals surface area contributed by atoms with Crippen LogP contribution in [0, 0.1) is 5.92 Å². The number of aromatic amines is 2. The van der Waals surface area contributed by atoms with Crippen LogP contribution in [-0.4, -0.2) is 176 Å². The number of amides is 8. The molecule has 25 heteroatoms. The quantitative estimate of drug-likeness (QED) is 0.0282. The van der Waals surface area contributed by atoms with Crippen molar-refractivity contribution in [3.63, 3.8) is 0 Å². The Hall–Kier alpha value is -7.25. The molecule has 25 nitrogen and oxygen atoms in total. The summed E-state index contributed by atoms with van der Waals surface area (Å²) in [6.07, 6.45) is 9.92. The van der Waals surface area contributed by atoms with E-state index in [0.29, 0.717) is 95.1 Å². The Kier molecular flexibility index (Phi) is 24.0. The molecule has 0 unspecified atom stereocenters. The molecule has 3 fully saturated rings. The maximum Gasteiger partial charge on any atom is 0.303 e. The Labute approximate surface area is 465 Å². The maximum absolute atomic E-state index is 14.8. The molecule has 1 aromatic carbocycles. The van der Waals surface area contributed by atoms with Gasteiger partial charge in [-0.1, -0.05) is 32.0 Å². The second-order valence-corrected chi connectivity index (χ2v) is 21.6. The number of imidazole rings is 1. The standard InChI is InChI=1S/C55H82N14O11/c1-33(2)26-43(65-49(74)40(15-5-7-21-56)62-48(73)39-17-9-23-59-39)51(76)64-42(19-20-47(71)72)54(79)69-25-11-18-46(69)53(78)66-44(27-34-29-60-38-14-4-3-13-37(34)38)52(77)63-41(16-6-8-22-57)50(75)67-45(28-35-30-58-32-61-35)55(80)68-24-10-12-36(68)31-70/h3-4,13-14,29-33,36,39-46,59-60H,5-12,15-28,56-57H2,1-2H3,(H,58,61)(H,62,73)(H,63,77)(H,64,76)(H,65,74)(H,66,78)(H,67,75)(H,71,72)/t36-,39-,40-,41-,42-,43-,44-,45-,46-/m0/s1. The topological polar surface area (TPSA) is 378 Å². The zero-order chi connectivity index (χ0) is 57.7. The zero-order valence-corrected chi connectivity index (χ0v) is 46.0. The molecule has 80 heavy (non-hydrogen) atoms. The first-order valence-corrected chi connectivity index (χ1v) is 28.3. The number of fused-ring (bicyclic) bond motifs is 1. The van der Waals surface area contributed by atoms with Gasteiger partial charge in [-0.15, -0.1) is 0 Å². The van der Waals surface area contributed by atoms with Crippen molar-refractivity contribution < 1.29 is 53.1 Å². The number of aliphatic carboxylic acids is 1. The van der Waals surface area contributed by atoms with Gasteiger partial charge in [0.1, 0.15) is 48.6 Å². The summed E-state index contributed by atoms with van der Waals surface area (Å²) in [4.78, 5) is 151. The highest BCUT2D eigenvalue weighted by atomic mass is 16.4. The van der Waals surface area contributed by atoms with Crippen molar-refractivity contribution in [1.82, 2.24) is 62.0 Å². The summed E-state index contributed by atoms with van der Waals surface area (Å²) in [7, 11) is 0. The minimum atomic E-state index is -1.45. The van der Waals surface area contributed by atoms with Crippen molar-refractivity contribution in [3.05, 3.63) is 54.2 Å². The van der Waals surface area contributed by atoms with Gasteiger partial charge in [0.15, 0.2) is 0 Å². The van der Waals surface area contributed by atoms with Crippen molar-refractivity contribution >= 4 is 70.4 Å². The lowest BCUT2D eigenvalue weighted by Gasteiger charge is -2.31. The number of benzene rings is 1. The van der Waals surface area contributed by atoms with Crippen LogP contribution < -0.4 is 48.7 Å². The van der Waals surface area contributed by atoms with Crippen LogP contribution in [-0.2, 0) is 60.8 Å². The van der Waals surface area contributed by atoms with Crippen molar-refractivity contribution in [2.24, 2.45) is 17.4 Å². The van der Waals surface area contributed by atoms with E-state index in [1.54, 1.807) is 6.20 Å². The van der Waals surface area contributed by atoms with Gasteiger partial charge >= 0.3 is 5.97 Å². The number of aldehydes is 1. The van der Waals surface area contributed by atoms with Gasteiger partial charge in [0, 0.05) is 61.3 Å². The second kappa shape index (κ2) is 30.9. The third kappa shape index (κ3) is 17.6. The molecular weight excluding hydrogens is 1030 g/mol. The lowest BCUT2D eigenvalue weighted by atomic mass is 10.0. The number of carbonyl (C=O) groups is 10. The molecule has 3 aliphatic heterocycles. The number of rotatable bonds is 32. The van der Waals surface area contributed by atoms with E-state index in [9.17, 15) is 53.1 Å². The Morgan fingerprint density at radius 1 is 0.688 bits per heavy atom. The summed E-state index contributed by atoms with van der Waals surface area (Å²) in [5.74, 6) is -6.47. The molecule has 0 radical (unpaired) electrons. The van der Waals surface area contributed by atoms with Gasteiger partial charge in [-0.25, -0.2) is 4.98 Å². The predicted octanol–water partition coefficient (Wildman–Crippen LogP) is -0.313. The van der Waals surface area contributed by atoms with E-state index in [4.69, 9.17) is 11.5 Å². The molecule has 0 aliphatic carbocycles. The summed E-state index contributed by atoms with van der Waals surface area (Å²) >= 11 is 0. The van der Waals surface area contributed by atoms with Crippen LogP contribution in [0.4, 0.5) is 0 Å². The Morgan fingerprint density at radius 2 is 1.30 bits per heavy atom. The van der Waals surface area contributed by atoms with Crippen molar-refractivity contribution in [1.29, 1.82) is 0 Å². The van der Waals surface area contributed by atoms with Crippen LogP contribution >= 0.6 is 0 Å². The first-order chi connectivity index (χ1) is 38.5. The fourth-order valence-corrected chi connectivity index (χ4v) is 10.7. The number of nitrogens with two attached hydrogens (primary N) is 2. The predicted molar refractivity (Wildman–Crippen MR) is 295 cm³/mol. The lowest BCUT2D eigenvalue weighted by molar-refractivity contribution is -0.143. The Balaban J connectivity index is 1.22. The third-order valence-electron chi connectivity index (χ3n) is 15.0. The van der Waals surface area contributed by atoms with Crippen LogP contribution in [0.1, 0.15) is 121 Å². The van der Waals surface area contributed by atoms with Gasteiger partial charge < -0.3 is 78.4 Å². The van der Waals surface area contributed by atoms with Crippen molar-refractivity contribution in [2.45, 2.75) is 177 Å². The van der Waals surface area contributed by atoms with Crippen LogP contribution in [0.15, 0.2) is 43.0 Å². The summed E-state index contributed by atoms with van der Waals surface area (Å²) in [5, 5.41) is 30.5. The molecule has 9 atom stereocenters. The summed E-state index contributed by atoms with van der Waals surface area (Å²) in [5.41, 5.74) is 13.5. The molecule has 5 heterocycles. The number of hydrogen-bond acceptors (Lipinski definition) is 14. The van der Waals surface area contributed by atoms with E-state index in [1.807, 2.05) is 38.1 Å². The van der Waals surface area contributed by atoms with Crippen molar-refractivity contribution in [2.75, 3.05) is 32.7 Å². The van der Waals surface area contributed by atoms with Gasteiger partial charge in [0.2, 0.25) is 47.3 Å². The molecule has 14 N–H and O–H groups in total. The summed E-state index contributed by atoms with van der Waals surface area (Å²) in [6, 6.07) is -2.30. The molecule has 3 aliphatic rings. The number of carboxylic acids is 1. The molecule has 3 saturated heterocycles. The third-order valence-corrected chi connectivity index (χ3v) is 15.0. The van der Waals surface area contributed by atoms with Crippen LogP contribution in [0.25, 0.3) is 10.9 Å². The van der Waals surface area contributed by atoms with Crippen LogP contribution in [0.5, 0.6) is 0 Å². The number of unbranched alkanes of at least 4 members (excludes halogenated alkanes) is 2. The number of hydrogen-bond donors (Lipinski definition) is 12. The molecule has 3 aromatic rings. The van der Waals surface area contributed by atoms with E-state index >= 15 is 0 Å². The maximum atomic E-state index is 14.8.